The van der Waals surface area contributed by atoms with Gasteiger partial charge in [0.2, 0.25) is 5.91 Å². The Kier molecular flexibility index (Phi) is 3.83. The number of nitrogens with zero attached hydrogens (tertiary/aromatic N) is 2. The van der Waals surface area contributed by atoms with Gasteiger partial charge in [0.25, 0.3) is 0 Å². The molecule has 17 heavy (non-hydrogen) atoms. The van der Waals surface area contributed by atoms with E-state index >= 15 is 0 Å². The van der Waals surface area contributed by atoms with Crippen molar-refractivity contribution in [2.45, 2.75) is 44.2 Å². The van der Waals surface area contributed by atoms with Crippen molar-refractivity contribution >= 4 is 11.7 Å². The number of carbonyl (C=O) groups is 1. The van der Waals surface area contributed by atoms with Crippen LogP contribution < -0.4 is 5.73 Å². The first-order chi connectivity index (χ1) is 8.22. The number of ether oxygens (including phenoxy) is 1. The molecule has 2 aliphatic rings. The Morgan fingerprint density at radius 1 is 1.47 bits per heavy atom. The van der Waals surface area contributed by atoms with E-state index in [0.717, 1.165) is 32.3 Å². The van der Waals surface area contributed by atoms with Crippen LogP contribution in [-0.4, -0.2) is 47.1 Å². The molecule has 0 aromatic carbocycles. The number of rotatable bonds is 3. The van der Waals surface area contributed by atoms with Crippen molar-refractivity contribution in [2.75, 3.05) is 13.2 Å². The predicted molar refractivity (Wildman–Crippen MR) is 61.7 cm³/mol. The molecular formula is C11H19N3O3. The number of hydrogen-bond acceptors (Lipinski definition) is 4. The van der Waals surface area contributed by atoms with E-state index in [2.05, 4.69) is 5.16 Å². The molecule has 6 heteroatoms. The zero-order chi connectivity index (χ0) is 12.3. The molecule has 0 spiro atoms. The molecule has 0 bridgehead atoms. The number of hydrogen-bond donors (Lipinski definition) is 2. The molecule has 2 saturated heterocycles. The molecule has 96 valence electrons. The zero-order valence-corrected chi connectivity index (χ0v) is 9.84. The largest absolute Gasteiger partial charge is 0.409 e. The fourth-order valence-electron chi connectivity index (χ4n) is 2.56. The number of amidine groups is 1. The Balaban J connectivity index is 1.93. The molecule has 6 nitrogen and oxygen atoms in total. The summed E-state index contributed by atoms with van der Waals surface area (Å²) in [4.78, 5) is 13.8. The van der Waals surface area contributed by atoms with Gasteiger partial charge in [-0.15, -0.1) is 0 Å². The van der Waals surface area contributed by atoms with Crippen molar-refractivity contribution < 1.29 is 14.7 Å². The van der Waals surface area contributed by atoms with E-state index in [0.29, 0.717) is 13.0 Å². The lowest BCUT2D eigenvalue weighted by atomic mass is 10.1. The van der Waals surface area contributed by atoms with Crippen molar-refractivity contribution in [2.24, 2.45) is 10.9 Å². The van der Waals surface area contributed by atoms with E-state index in [9.17, 15) is 4.79 Å². The zero-order valence-electron chi connectivity index (χ0n) is 9.84. The van der Waals surface area contributed by atoms with E-state index < -0.39 is 0 Å². The molecular weight excluding hydrogens is 222 g/mol. The first-order valence-corrected chi connectivity index (χ1v) is 6.11. The van der Waals surface area contributed by atoms with Crippen molar-refractivity contribution in [3.63, 3.8) is 0 Å². The minimum Gasteiger partial charge on any atom is -0.409 e. The maximum absolute atomic E-state index is 12.1. The van der Waals surface area contributed by atoms with Crippen LogP contribution in [0.15, 0.2) is 5.16 Å². The number of amides is 1. The number of likely N-dealkylation sites (tertiary alicyclic amines) is 1. The Labute approximate surface area is 100 Å². The summed E-state index contributed by atoms with van der Waals surface area (Å²) in [6.45, 7) is 1.44. The molecule has 2 aliphatic heterocycles. The molecule has 3 N–H and O–H groups in total. The van der Waals surface area contributed by atoms with Gasteiger partial charge >= 0.3 is 0 Å². The van der Waals surface area contributed by atoms with Gasteiger partial charge in [0.1, 0.15) is 0 Å². The van der Waals surface area contributed by atoms with Gasteiger partial charge in [-0.1, -0.05) is 5.16 Å². The summed E-state index contributed by atoms with van der Waals surface area (Å²) >= 11 is 0. The molecule has 2 heterocycles. The van der Waals surface area contributed by atoms with Crippen LogP contribution in [0.1, 0.15) is 32.1 Å². The van der Waals surface area contributed by atoms with Gasteiger partial charge in [0.05, 0.1) is 18.6 Å². The average molecular weight is 241 g/mol. The monoisotopic (exact) mass is 241 g/mol. The maximum Gasteiger partial charge on any atom is 0.225 e. The number of nitrogens with two attached hydrogens (primary N) is 1. The van der Waals surface area contributed by atoms with E-state index in [1.165, 1.54) is 0 Å². The third kappa shape index (κ3) is 2.69. The van der Waals surface area contributed by atoms with Gasteiger partial charge in [0.15, 0.2) is 5.84 Å². The predicted octanol–water partition coefficient (Wildman–Crippen LogP) is 0.293. The minimum atomic E-state index is -0.242. The summed E-state index contributed by atoms with van der Waals surface area (Å²) in [7, 11) is 0. The van der Waals surface area contributed by atoms with Gasteiger partial charge in [-0.2, -0.15) is 0 Å². The third-order valence-electron chi connectivity index (χ3n) is 3.46. The molecule has 0 radical (unpaired) electrons. The minimum absolute atomic E-state index is 0.0472. The van der Waals surface area contributed by atoms with Crippen LogP contribution in [0, 0.1) is 0 Å². The van der Waals surface area contributed by atoms with Gasteiger partial charge in [0, 0.05) is 13.2 Å². The van der Waals surface area contributed by atoms with Crippen LogP contribution in [0.5, 0.6) is 0 Å². The number of oxime groups is 1. The van der Waals surface area contributed by atoms with Crippen molar-refractivity contribution in [3.05, 3.63) is 0 Å². The summed E-state index contributed by atoms with van der Waals surface area (Å²) in [5, 5.41) is 11.7. The Hall–Kier alpha value is -1.30. The van der Waals surface area contributed by atoms with Crippen molar-refractivity contribution in [1.29, 1.82) is 0 Å². The summed E-state index contributed by atoms with van der Waals surface area (Å²) in [6.07, 6.45) is 4.12. The van der Waals surface area contributed by atoms with Crippen molar-refractivity contribution in [3.8, 4) is 0 Å². The highest BCUT2D eigenvalue weighted by molar-refractivity contribution is 5.90. The van der Waals surface area contributed by atoms with Crippen LogP contribution in [0.3, 0.4) is 0 Å². The molecule has 2 rings (SSSR count). The second kappa shape index (κ2) is 5.35. The van der Waals surface area contributed by atoms with Gasteiger partial charge in [-0.25, -0.2) is 0 Å². The second-order valence-corrected chi connectivity index (χ2v) is 4.61. The lowest BCUT2D eigenvalue weighted by Crippen LogP contribution is -2.44. The summed E-state index contributed by atoms with van der Waals surface area (Å²) in [6, 6.07) is -0.242. The van der Waals surface area contributed by atoms with Crippen LogP contribution in [-0.2, 0) is 9.53 Å². The Morgan fingerprint density at radius 2 is 2.29 bits per heavy atom. The highest BCUT2D eigenvalue weighted by Gasteiger charge is 2.33. The first kappa shape index (κ1) is 12.2. The Morgan fingerprint density at radius 3 is 2.94 bits per heavy atom. The van der Waals surface area contributed by atoms with Gasteiger partial charge in [-0.05, 0) is 25.7 Å². The van der Waals surface area contributed by atoms with E-state index in [4.69, 9.17) is 15.7 Å². The van der Waals surface area contributed by atoms with E-state index in [-0.39, 0.29) is 23.9 Å². The first-order valence-electron chi connectivity index (χ1n) is 6.11. The third-order valence-corrected chi connectivity index (χ3v) is 3.46. The molecule has 0 aromatic heterocycles. The SMILES string of the molecule is NC(=NO)C1CCCN1C(=O)CC1CCCO1. The molecule has 1 amide bonds. The smallest absolute Gasteiger partial charge is 0.225 e. The van der Waals surface area contributed by atoms with Crippen LogP contribution >= 0.6 is 0 Å². The number of carbonyl (C=O) groups excluding carboxylic acids is 1. The molecule has 2 unspecified atom stereocenters. The van der Waals surface area contributed by atoms with Gasteiger partial charge in [-0.3, -0.25) is 4.79 Å². The lowest BCUT2D eigenvalue weighted by molar-refractivity contribution is -0.133. The highest BCUT2D eigenvalue weighted by atomic mass is 16.5. The van der Waals surface area contributed by atoms with Crippen LogP contribution in [0.25, 0.3) is 0 Å². The fourth-order valence-corrected chi connectivity index (χ4v) is 2.56. The lowest BCUT2D eigenvalue weighted by Gasteiger charge is -2.24. The van der Waals surface area contributed by atoms with Crippen LogP contribution in [0.4, 0.5) is 0 Å². The summed E-state index contributed by atoms with van der Waals surface area (Å²) < 4.78 is 5.45. The fraction of sp³-hybridized carbons (Fsp3) is 0.818. The van der Waals surface area contributed by atoms with Crippen molar-refractivity contribution in [1.82, 2.24) is 4.90 Å². The molecule has 0 saturated carbocycles. The molecule has 2 fully saturated rings. The summed E-state index contributed by atoms with van der Waals surface area (Å²) in [5.41, 5.74) is 5.59. The van der Waals surface area contributed by atoms with E-state index in [1.54, 1.807) is 4.90 Å². The van der Waals surface area contributed by atoms with Gasteiger partial charge < -0.3 is 20.6 Å². The summed E-state index contributed by atoms with van der Waals surface area (Å²) in [5.74, 6) is 0.175. The molecule has 0 aromatic rings. The average Bonchev–Trinajstić information content (AvgIpc) is 2.97. The normalized spacial score (nSPS) is 29.9. The van der Waals surface area contributed by atoms with E-state index in [1.807, 2.05) is 0 Å². The Bertz CT molecular complexity index is 313. The maximum atomic E-state index is 12.1. The quantitative estimate of drug-likeness (QED) is 0.322. The second-order valence-electron chi connectivity index (χ2n) is 4.61. The van der Waals surface area contributed by atoms with Crippen LogP contribution in [0.2, 0.25) is 0 Å². The molecule has 0 aliphatic carbocycles. The highest BCUT2D eigenvalue weighted by Crippen LogP contribution is 2.22. The topological polar surface area (TPSA) is 88.2 Å². The molecule has 2 atom stereocenters. The standard InChI is InChI=1S/C11H19N3O3/c12-11(13-16)9-4-1-5-14(9)10(15)7-8-3-2-6-17-8/h8-9,16H,1-7H2,(H2,12,13).